The Bertz CT molecular complexity index is 173. The summed E-state index contributed by atoms with van der Waals surface area (Å²) in [4.78, 5) is 10.5. The van der Waals surface area contributed by atoms with E-state index in [1.165, 1.54) is 12.8 Å². The average Bonchev–Trinajstić information content (AvgIpc) is 2.30. The summed E-state index contributed by atoms with van der Waals surface area (Å²) in [5.41, 5.74) is 0. The third-order valence-electron chi connectivity index (χ3n) is 2.32. The molecule has 1 unspecified atom stereocenters. The van der Waals surface area contributed by atoms with Crippen molar-refractivity contribution in [3.8, 4) is 0 Å². The van der Waals surface area contributed by atoms with Crippen LogP contribution in [0.25, 0.3) is 0 Å². The molecule has 1 aliphatic rings. The highest BCUT2D eigenvalue weighted by Crippen LogP contribution is 2.13. The smallest absolute Gasteiger partial charge is 0.314 e. The van der Waals surface area contributed by atoms with Crippen LogP contribution in [0.15, 0.2) is 0 Å². The molecule has 0 aromatic heterocycles. The molecule has 1 aliphatic heterocycles. The molecule has 16 heavy (non-hydrogen) atoms. The summed E-state index contributed by atoms with van der Waals surface area (Å²) in [6.07, 6.45) is 2.64. The second kappa shape index (κ2) is 11.4. The lowest BCUT2D eigenvalue weighted by molar-refractivity contribution is 0.186. The van der Waals surface area contributed by atoms with Gasteiger partial charge in [-0.25, -0.2) is 0 Å². The molecule has 0 bridgehead atoms. The van der Waals surface area contributed by atoms with Gasteiger partial charge >= 0.3 is 8.25 Å². The molecule has 0 aromatic carbocycles. The second-order valence-electron chi connectivity index (χ2n) is 3.66. The Balaban J connectivity index is 0.000000487. The van der Waals surface area contributed by atoms with Gasteiger partial charge in [-0.2, -0.15) is 0 Å². The fraction of sp³-hybridized carbons (Fsp3) is 1.00. The van der Waals surface area contributed by atoms with Crippen molar-refractivity contribution in [2.45, 2.75) is 26.7 Å². The lowest BCUT2D eigenvalue weighted by atomic mass is 10.4. The van der Waals surface area contributed by atoms with Crippen LogP contribution in [0, 0.1) is 0 Å². The Morgan fingerprint density at radius 1 is 1.31 bits per heavy atom. The molecule has 2 N–H and O–H groups in total. The van der Waals surface area contributed by atoms with E-state index in [-0.39, 0.29) is 0 Å². The second-order valence-corrected chi connectivity index (χ2v) is 4.40. The van der Waals surface area contributed by atoms with Gasteiger partial charge in [0.25, 0.3) is 0 Å². The molecule has 1 saturated heterocycles. The molecular formula is C10H24N2O3P+. The quantitative estimate of drug-likeness (QED) is 0.722. The highest BCUT2D eigenvalue weighted by atomic mass is 31.1. The predicted molar refractivity (Wildman–Crippen MR) is 65.7 cm³/mol. The summed E-state index contributed by atoms with van der Waals surface area (Å²) >= 11 is 0. The summed E-state index contributed by atoms with van der Waals surface area (Å²) < 4.78 is 14.7. The lowest BCUT2D eigenvalue weighted by Gasteiger charge is -2.25. The molecule has 5 nitrogen and oxygen atoms in total. The molecule has 6 heteroatoms. The Kier molecular flexibility index (Phi) is 11.4. The zero-order valence-corrected chi connectivity index (χ0v) is 11.2. The first kappa shape index (κ1) is 15.9. The summed E-state index contributed by atoms with van der Waals surface area (Å²) in [7, 11) is -2.42. The van der Waals surface area contributed by atoms with Crippen molar-refractivity contribution in [1.82, 2.24) is 10.2 Å². The highest BCUT2D eigenvalue weighted by Gasteiger charge is 2.14. The minimum absolute atomic E-state index is 0.339. The molecule has 0 radical (unpaired) electrons. The number of hydrogen-bond acceptors (Lipinski definition) is 4. The van der Waals surface area contributed by atoms with Crippen molar-refractivity contribution >= 4 is 8.25 Å². The van der Waals surface area contributed by atoms with Gasteiger partial charge in [-0.15, -0.1) is 9.42 Å². The Morgan fingerprint density at radius 3 is 2.31 bits per heavy atom. The number of unbranched alkanes of at least 4 members (excludes halogenated alkanes) is 1. The predicted octanol–water partition coefficient (Wildman–Crippen LogP) is 1.36. The maximum atomic E-state index is 10.1. The van der Waals surface area contributed by atoms with Gasteiger partial charge in [0.05, 0.1) is 0 Å². The van der Waals surface area contributed by atoms with Gasteiger partial charge in [0.2, 0.25) is 0 Å². The molecule has 0 spiro atoms. The van der Waals surface area contributed by atoms with Gasteiger partial charge in [-0.05, 0) is 0 Å². The molecule has 1 rings (SSSR count). The maximum absolute atomic E-state index is 10.1. The van der Waals surface area contributed by atoms with Crippen LogP contribution in [0.1, 0.15) is 26.7 Å². The monoisotopic (exact) mass is 251 g/mol. The number of nitrogens with one attached hydrogen (secondary N) is 1. The highest BCUT2D eigenvalue weighted by molar-refractivity contribution is 7.32. The normalized spacial score (nSPS) is 17.6. The average molecular weight is 251 g/mol. The van der Waals surface area contributed by atoms with E-state index in [9.17, 15) is 4.57 Å². The third-order valence-corrected chi connectivity index (χ3v) is 2.72. The lowest BCUT2D eigenvalue weighted by Crippen LogP contribution is -2.44. The minimum atomic E-state index is -2.42. The zero-order valence-electron chi connectivity index (χ0n) is 10.3. The van der Waals surface area contributed by atoms with E-state index in [0.29, 0.717) is 6.61 Å². The van der Waals surface area contributed by atoms with E-state index in [0.717, 1.165) is 32.7 Å². The zero-order chi connectivity index (χ0) is 12.2. The van der Waals surface area contributed by atoms with Gasteiger partial charge in [0.15, 0.2) is 0 Å². The molecule has 96 valence electrons. The molecule has 0 amide bonds. The Morgan fingerprint density at radius 2 is 1.88 bits per heavy atom. The van der Waals surface area contributed by atoms with Crippen molar-refractivity contribution in [1.29, 1.82) is 0 Å². The summed E-state index contributed by atoms with van der Waals surface area (Å²) in [5.74, 6) is 0. The topological polar surface area (TPSA) is 61.8 Å². The van der Waals surface area contributed by atoms with Gasteiger partial charge in [0, 0.05) is 37.3 Å². The fourth-order valence-corrected chi connectivity index (χ4v) is 1.42. The fourth-order valence-electron chi connectivity index (χ4n) is 1.18. The third kappa shape index (κ3) is 10.5. The first-order valence-corrected chi connectivity index (χ1v) is 7.05. The van der Waals surface area contributed by atoms with Crippen molar-refractivity contribution in [3.63, 3.8) is 0 Å². The number of piperazine rings is 1. The molecule has 1 heterocycles. The van der Waals surface area contributed by atoms with Crippen molar-refractivity contribution < 1.29 is 14.0 Å². The van der Waals surface area contributed by atoms with Crippen LogP contribution >= 0.6 is 8.25 Å². The van der Waals surface area contributed by atoms with Crippen LogP contribution in [0.4, 0.5) is 0 Å². The van der Waals surface area contributed by atoms with E-state index in [4.69, 9.17) is 4.89 Å². The van der Waals surface area contributed by atoms with Crippen molar-refractivity contribution in [3.05, 3.63) is 0 Å². The summed E-state index contributed by atoms with van der Waals surface area (Å²) in [6, 6.07) is 0. The number of rotatable bonds is 5. The maximum Gasteiger partial charge on any atom is 0.694 e. The van der Waals surface area contributed by atoms with Crippen molar-refractivity contribution in [2.75, 3.05) is 39.3 Å². The van der Waals surface area contributed by atoms with Gasteiger partial charge in [-0.1, -0.05) is 26.7 Å². The van der Waals surface area contributed by atoms with Crippen LogP contribution in [0.3, 0.4) is 0 Å². The molecule has 1 atom stereocenters. The van der Waals surface area contributed by atoms with Crippen LogP contribution in [0.5, 0.6) is 0 Å². The minimum Gasteiger partial charge on any atom is -0.314 e. The van der Waals surface area contributed by atoms with E-state index in [2.05, 4.69) is 28.6 Å². The van der Waals surface area contributed by atoms with Gasteiger partial charge in [-0.3, -0.25) is 4.90 Å². The Hall–Kier alpha value is -0.0600. The Labute approximate surface area is 99.1 Å². The molecule has 0 aliphatic carbocycles. The van der Waals surface area contributed by atoms with Crippen molar-refractivity contribution in [2.24, 2.45) is 0 Å². The standard InChI is InChI=1S/C6H13N2O3P.C4H10/c9-12(10)11-6-5-8-3-1-7-2-4-8;1-3-4-2/h7H,1-6H2;3-4H2,1-2H3/p+1. The SMILES string of the molecule is CCCC.O=[P+](O)OCCN1CCNCC1. The molecule has 0 saturated carbocycles. The van der Waals surface area contributed by atoms with Crippen LogP contribution < -0.4 is 5.32 Å². The number of hydrogen-bond donors (Lipinski definition) is 2. The number of nitrogens with zero attached hydrogens (tertiary/aromatic N) is 1. The summed E-state index contributed by atoms with van der Waals surface area (Å²) in [6.45, 7) is 9.41. The molecule has 0 aromatic rings. The van der Waals surface area contributed by atoms with Gasteiger partial charge in [0.1, 0.15) is 6.61 Å². The first-order valence-electron chi connectivity index (χ1n) is 5.92. The summed E-state index contributed by atoms with van der Waals surface area (Å²) in [5, 5.41) is 3.22. The molecule has 1 fully saturated rings. The van der Waals surface area contributed by atoms with E-state index in [1.807, 2.05) is 0 Å². The van der Waals surface area contributed by atoms with E-state index in [1.54, 1.807) is 0 Å². The van der Waals surface area contributed by atoms with Crippen LogP contribution in [0.2, 0.25) is 0 Å². The largest absolute Gasteiger partial charge is 0.694 e. The van der Waals surface area contributed by atoms with Crippen LogP contribution in [-0.2, 0) is 9.09 Å². The first-order chi connectivity index (χ1) is 7.70. The van der Waals surface area contributed by atoms with E-state index >= 15 is 0 Å². The van der Waals surface area contributed by atoms with E-state index < -0.39 is 8.25 Å². The van der Waals surface area contributed by atoms with Crippen LogP contribution in [-0.4, -0.2) is 49.1 Å². The molecular weight excluding hydrogens is 227 g/mol. The van der Waals surface area contributed by atoms with Gasteiger partial charge < -0.3 is 5.32 Å².